The number of amides is 2. The molecule has 4 aromatic rings. The second-order valence-corrected chi connectivity index (χ2v) is 7.72. The van der Waals surface area contributed by atoms with E-state index in [1.165, 1.54) is 24.4 Å². The highest BCUT2D eigenvalue weighted by atomic mass is 35.5. The van der Waals surface area contributed by atoms with E-state index in [2.05, 4.69) is 15.8 Å². The molecule has 1 aromatic heterocycles. The molecule has 0 unspecified atom stereocenters. The number of para-hydroxylation sites is 2. The number of nitrogens with one attached hydrogen (secondary N) is 2. The summed E-state index contributed by atoms with van der Waals surface area (Å²) in [6.45, 7) is -0.349. The standard InChI is InChI=1S/C26H20ClFN4O3/c27-20-15-18(11-12-24(20)35-17-25(33)30-22-9-3-2-8-21(22)28)16-29-31-26(34)19-7-1-4-10-23(19)32-13-5-6-14-32/h1-16H,17H2,(H,30,33)(H,31,34)/b29-16-. The van der Waals surface area contributed by atoms with Gasteiger partial charge in [0.25, 0.3) is 11.8 Å². The highest BCUT2D eigenvalue weighted by Crippen LogP contribution is 2.25. The Kier molecular flexibility index (Phi) is 7.54. The van der Waals surface area contributed by atoms with Gasteiger partial charge < -0.3 is 14.6 Å². The lowest BCUT2D eigenvalue weighted by atomic mass is 10.1. The van der Waals surface area contributed by atoms with Crippen LogP contribution in [-0.4, -0.2) is 29.2 Å². The van der Waals surface area contributed by atoms with Crippen LogP contribution in [-0.2, 0) is 4.79 Å². The number of benzene rings is 3. The zero-order chi connectivity index (χ0) is 24.6. The van der Waals surface area contributed by atoms with E-state index in [0.717, 1.165) is 5.69 Å². The fraction of sp³-hybridized carbons (Fsp3) is 0.0385. The van der Waals surface area contributed by atoms with Gasteiger partial charge in [0.2, 0.25) is 0 Å². The summed E-state index contributed by atoms with van der Waals surface area (Å²) in [6.07, 6.45) is 5.14. The molecule has 1 heterocycles. The number of halogens is 2. The normalized spacial score (nSPS) is 10.8. The summed E-state index contributed by atoms with van der Waals surface area (Å²) in [4.78, 5) is 24.7. The fourth-order valence-corrected chi connectivity index (χ4v) is 3.46. The molecule has 0 saturated heterocycles. The minimum Gasteiger partial charge on any atom is -0.482 e. The number of carbonyl (C=O) groups excluding carboxylic acids is 2. The molecule has 0 fully saturated rings. The average molecular weight is 491 g/mol. The number of hydrazone groups is 1. The molecule has 7 nitrogen and oxygen atoms in total. The molecular formula is C26H20ClFN4O3. The van der Waals surface area contributed by atoms with Crippen molar-refractivity contribution in [1.29, 1.82) is 0 Å². The van der Waals surface area contributed by atoms with Crippen molar-refractivity contribution >= 4 is 35.3 Å². The molecule has 2 N–H and O–H groups in total. The molecule has 4 rings (SSSR count). The van der Waals surface area contributed by atoms with Gasteiger partial charge in [-0.2, -0.15) is 5.10 Å². The number of anilines is 1. The minimum absolute atomic E-state index is 0.0665. The maximum Gasteiger partial charge on any atom is 0.273 e. The molecule has 35 heavy (non-hydrogen) atoms. The first-order chi connectivity index (χ1) is 17.0. The molecule has 0 atom stereocenters. The molecule has 0 aliphatic rings. The van der Waals surface area contributed by atoms with Crippen molar-refractivity contribution in [3.63, 3.8) is 0 Å². The Labute approximate surface area is 205 Å². The van der Waals surface area contributed by atoms with Gasteiger partial charge in [0.1, 0.15) is 11.6 Å². The number of nitrogens with zero attached hydrogens (tertiary/aromatic N) is 2. The van der Waals surface area contributed by atoms with Crippen LogP contribution < -0.4 is 15.5 Å². The van der Waals surface area contributed by atoms with Gasteiger partial charge >= 0.3 is 0 Å². The average Bonchev–Trinajstić information content (AvgIpc) is 3.40. The number of rotatable bonds is 8. The highest BCUT2D eigenvalue weighted by molar-refractivity contribution is 6.32. The van der Waals surface area contributed by atoms with Crippen LogP contribution in [0.25, 0.3) is 5.69 Å². The summed E-state index contributed by atoms with van der Waals surface area (Å²) in [5.41, 5.74) is 4.39. The number of aromatic nitrogens is 1. The van der Waals surface area contributed by atoms with Crippen molar-refractivity contribution in [3.05, 3.63) is 113 Å². The second kappa shape index (κ2) is 11.1. The second-order valence-electron chi connectivity index (χ2n) is 7.31. The van der Waals surface area contributed by atoms with Gasteiger partial charge in [0, 0.05) is 12.4 Å². The van der Waals surface area contributed by atoms with Gasteiger partial charge in [0.05, 0.1) is 28.2 Å². The zero-order valence-electron chi connectivity index (χ0n) is 18.3. The lowest BCUT2D eigenvalue weighted by Gasteiger charge is -2.10. The fourth-order valence-electron chi connectivity index (χ4n) is 3.22. The monoisotopic (exact) mass is 490 g/mol. The molecule has 0 aliphatic heterocycles. The Balaban J connectivity index is 1.34. The summed E-state index contributed by atoms with van der Waals surface area (Å²) >= 11 is 6.24. The first-order valence-electron chi connectivity index (χ1n) is 10.5. The summed E-state index contributed by atoms with van der Waals surface area (Å²) in [6, 6.07) is 21.6. The van der Waals surface area contributed by atoms with Gasteiger partial charge in [-0.1, -0.05) is 35.9 Å². The van der Waals surface area contributed by atoms with Crippen LogP contribution in [0, 0.1) is 5.82 Å². The van der Waals surface area contributed by atoms with E-state index < -0.39 is 11.7 Å². The quantitative estimate of drug-likeness (QED) is 0.268. The predicted molar refractivity (Wildman–Crippen MR) is 133 cm³/mol. The van der Waals surface area contributed by atoms with Gasteiger partial charge in [-0.15, -0.1) is 0 Å². The van der Waals surface area contributed by atoms with Crippen LogP contribution in [0.15, 0.2) is 96.4 Å². The Morgan fingerprint density at radius 1 is 1.00 bits per heavy atom. The Hall–Kier alpha value is -4.43. The Bertz CT molecular complexity index is 1370. The lowest BCUT2D eigenvalue weighted by Crippen LogP contribution is -2.20. The molecule has 176 valence electrons. The first kappa shape index (κ1) is 23.7. The largest absolute Gasteiger partial charge is 0.482 e. The Morgan fingerprint density at radius 3 is 2.51 bits per heavy atom. The van der Waals surface area contributed by atoms with Crippen molar-refractivity contribution in [2.45, 2.75) is 0 Å². The van der Waals surface area contributed by atoms with Gasteiger partial charge in [-0.3, -0.25) is 9.59 Å². The van der Waals surface area contributed by atoms with Crippen molar-refractivity contribution in [2.75, 3.05) is 11.9 Å². The van der Waals surface area contributed by atoms with Crippen molar-refractivity contribution in [3.8, 4) is 11.4 Å². The minimum atomic E-state index is -0.539. The summed E-state index contributed by atoms with van der Waals surface area (Å²) in [7, 11) is 0. The van der Waals surface area contributed by atoms with E-state index >= 15 is 0 Å². The van der Waals surface area contributed by atoms with Gasteiger partial charge in [0.15, 0.2) is 6.61 Å². The maximum atomic E-state index is 13.6. The van der Waals surface area contributed by atoms with Crippen LogP contribution in [0.4, 0.5) is 10.1 Å². The number of ether oxygens (including phenoxy) is 1. The van der Waals surface area contributed by atoms with Gasteiger partial charge in [-0.25, -0.2) is 9.82 Å². The van der Waals surface area contributed by atoms with E-state index in [1.54, 1.807) is 36.4 Å². The third-order valence-electron chi connectivity index (χ3n) is 4.87. The van der Waals surface area contributed by atoms with Crippen LogP contribution in [0.5, 0.6) is 5.75 Å². The molecule has 0 saturated carbocycles. The molecule has 9 heteroatoms. The number of hydrogen-bond donors (Lipinski definition) is 2. The van der Waals surface area contributed by atoms with E-state index in [0.29, 0.717) is 11.1 Å². The SMILES string of the molecule is O=C(COc1ccc(/C=N\NC(=O)c2ccccc2-n2cccc2)cc1Cl)Nc1ccccc1F. The van der Waals surface area contributed by atoms with Crippen LogP contribution in [0.2, 0.25) is 5.02 Å². The zero-order valence-corrected chi connectivity index (χ0v) is 19.1. The molecule has 0 spiro atoms. The Morgan fingerprint density at radius 2 is 1.74 bits per heavy atom. The highest BCUT2D eigenvalue weighted by Gasteiger charge is 2.12. The maximum absolute atomic E-state index is 13.6. The molecule has 0 radical (unpaired) electrons. The predicted octanol–water partition coefficient (Wildman–Crippen LogP) is 5.05. The molecular weight excluding hydrogens is 471 g/mol. The van der Waals surface area contributed by atoms with Crippen molar-refractivity contribution < 1.29 is 18.7 Å². The van der Waals surface area contributed by atoms with E-state index in [1.807, 2.05) is 41.2 Å². The van der Waals surface area contributed by atoms with Gasteiger partial charge in [-0.05, 0) is 60.2 Å². The number of hydrogen-bond acceptors (Lipinski definition) is 4. The van der Waals surface area contributed by atoms with Crippen molar-refractivity contribution in [1.82, 2.24) is 9.99 Å². The molecule has 0 aliphatic carbocycles. The lowest BCUT2D eigenvalue weighted by molar-refractivity contribution is -0.118. The third kappa shape index (κ3) is 6.13. The molecule has 3 aromatic carbocycles. The first-order valence-corrected chi connectivity index (χ1v) is 10.9. The summed E-state index contributed by atoms with van der Waals surface area (Å²) in [5.74, 6) is -1.16. The van der Waals surface area contributed by atoms with E-state index in [-0.39, 0.29) is 29.0 Å². The number of carbonyl (C=O) groups is 2. The van der Waals surface area contributed by atoms with Crippen LogP contribution in [0.3, 0.4) is 0 Å². The third-order valence-corrected chi connectivity index (χ3v) is 5.17. The molecule has 0 bridgehead atoms. The molecule has 2 amide bonds. The van der Waals surface area contributed by atoms with Crippen molar-refractivity contribution in [2.24, 2.45) is 5.10 Å². The summed E-state index contributed by atoms with van der Waals surface area (Å²) in [5, 5.41) is 6.69. The van der Waals surface area contributed by atoms with E-state index in [4.69, 9.17) is 16.3 Å². The van der Waals surface area contributed by atoms with Crippen LogP contribution >= 0.6 is 11.6 Å². The smallest absolute Gasteiger partial charge is 0.273 e. The summed E-state index contributed by atoms with van der Waals surface area (Å²) < 4.78 is 20.9. The van der Waals surface area contributed by atoms with Crippen LogP contribution in [0.1, 0.15) is 15.9 Å². The topological polar surface area (TPSA) is 84.7 Å². The van der Waals surface area contributed by atoms with E-state index in [9.17, 15) is 14.0 Å².